The van der Waals surface area contributed by atoms with E-state index in [1.54, 1.807) is 25.1 Å². The number of carbonyl (C=O) groups excluding carboxylic acids is 1. The van der Waals surface area contributed by atoms with Gasteiger partial charge in [-0.15, -0.1) is 0 Å². The van der Waals surface area contributed by atoms with Crippen LogP contribution < -0.4 is 19.6 Å². The lowest BCUT2D eigenvalue weighted by molar-refractivity contribution is -0.136. The molecular formula is C30H28ClN3O4S. The summed E-state index contributed by atoms with van der Waals surface area (Å²) in [7, 11) is 2.85. The Morgan fingerprint density at radius 2 is 1.77 bits per heavy atom. The molecule has 0 radical (unpaired) electrons. The van der Waals surface area contributed by atoms with Gasteiger partial charge in [0, 0.05) is 27.7 Å². The fraction of sp³-hybridized carbons (Fsp3) is 0.233. The standard InChI is InChI=1S/C30H28ClN3O4S/c1-16-7-10-22(11-8-16)33-17(2)13-20(19(33)4)14-25-28(35)34-27(23-15-21(31)9-12-24(23)37-5)26(29(36)38-6)18(3)32-30(34)39-25/h7-15,27H,1-6H3/b25-14-/t27-/m1/s1. The molecule has 1 aliphatic rings. The SMILES string of the molecule is COC(=O)C1=C(C)N=c2s/c(=C\c3cc(C)n(-c4ccc(C)cc4)c3C)c(=O)n2[C@@H]1c1cc(Cl)ccc1OC. The maximum Gasteiger partial charge on any atom is 0.338 e. The highest BCUT2D eigenvalue weighted by Crippen LogP contribution is 2.37. The van der Waals surface area contributed by atoms with E-state index in [0.29, 0.717) is 31.4 Å². The number of hydrogen-bond donors (Lipinski definition) is 0. The van der Waals surface area contributed by atoms with Crippen molar-refractivity contribution in [3.63, 3.8) is 0 Å². The van der Waals surface area contributed by atoms with Crippen LogP contribution in [0.1, 0.15) is 41.0 Å². The first-order chi connectivity index (χ1) is 18.6. The molecule has 0 bridgehead atoms. The highest BCUT2D eigenvalue weighted by Gasteiger charge is 2.35. The number of esters is 1. The topological polar surface area (TPSA) is 74.8 Å². The molecule has 0 N–H and O–H groups in total. The molecule has 39 heavy (non-hydrogen) atoms. The molecular weight excluding hydrogens is 534 g/mol. The lowest BCUT2D eigenvalue weighted by Gasteiger charge is -2.25. The van der Waals surface area contributed by atoms with E-state index in [1.807, 2.05) is 19.9 Å². The van der Waals surface area contributed by atoms with Crippen molar-refractivity contribution in [1.82, 2.24) is 9.13 Å². The molecule has 4 aromatic rings. The quantitative estimate of drug-likeness (QED) is 0.329. The van der Waals surface area contributed by atoms with Crippen LogP contribution in [0.15, 0.2) is 69.6 Å². The first kappa shape index (κ1) is 26.7. The lowest BCUT2D eigenvalue weighted by atomic mass is 9.95. The Kier molecular flexibility index (Phi) is 7.09. The summed E-state index contributed by atoms with van der Waals surface area (Å²) in [6, 6.07) is 14.7. The van der Waals surface area contributed by atoms with E-state index in [9.17, 15) is 9.59 Å². The molecule has 7 nitrogen and oxygen atoms in total. The van der Waals surface area contributed by atoms with Crippen LogP contribution in [0.25, 0.3) is 11.8 Å². The Hall–Kier alpha value is -3.88. The molecule has 0 spiro atoms. The monoisotopic (exact) mass is 561 g/mol. The Labute approximate surface area is 234 Å². The zero-order valence-corrected chi connectivity index (χ0v) is 24.1. The van der Waals surface area contributed by atoms with Crippen molar-refractivity contribution in [2.45, 2.75) is 33.7 Å². The average Bonchev–Trinajstić information content (AvgIpc) is 3.37. The fourth-order valence-electron chi connectivity index (χ4n) is 5.07. The number of nitrogens with zero attached hydrogens (tertiary/aromatic N) is 3. The molecule has 200 valence electrons. The molecule has 1 aliphatic heterocycles. The minimum absolute atomic E-state index is 0.259. The molecule has 0 unspecified atom stereocenters. The summed E-state index contributed by atoms with van der Waals surface area (Å²) in [6.07, 6.45) is 1.89. The van der Waals surface area contributed by atoms with Crippen molar-refractivity contribution < 1.29 is 14.3 Å². The molecule has 2 aromatic heterocycles. The van der Waals surface area contributed by atoms with Gasteiger partial charge in [0.05, 0.1) is 30.0 Å². The molecule has 9 heteroatoms. The van der Waals surface area contributed by atoms with Crippen LogP contribution in [0.3, 0.4) is 0 Å². The first-order valence-corrected chi connectivity index (χ1v) is 13.5. The molecule has 0 saturated carbocycles. The largest absolute Gasteiger partial charge is 0.496 e. The number of thiazole rings is 1. The predicted molar refractivity (Wildman–Crippen MR) is 154 cm³/mol. The number of allylic oxidation sites excluding steroid dienone is 1. The smallest absolute Gasteiger partial charge is 0.338 e. The first-order valence-electron chi connectivity index (χ1n) is 12.3. The Morgan fingerprint density at radius 1 is 1.05 bits per heavy atom. The van der Waals surface area contributed by atoms with Crippen LogP contribution in [0.4, 0.5) is 0 Å². The van der Waals surface area contributed by atoms with Gasteiger partial charge in [0.1, 0.15) is 11.8 Å². The van der Waals surface area contributed by atoms with E-state index >= 15 is 0 Å². The van der Waals surface area contributed by atoms with Crippen LogP contribution >= 0.6 is 22.9 Å². The van der Waals surface area contributed by atoms with Crippen molar-refractivity contribution >= 4 is 35.0 Å². The normalized spacial score (nSPS) is 15.3. The van der Waals surface area contributed by atoms with E-state index in [4.69, 9.17) is 21.1 Å². The number of rotatable bonds is 5. The maximum atomic E-state index is 14.0. The van der Waals surface area contributed by atoms with Gasteiger partial charge in [-0.2, -0.15) is 0 Å². The molecule has 0 aliphatic carbocycles. The number of methoxy groups -OCH3 is 2. The average molecular weight is 562 g/mol. The van der Waals surface area contributed by atoms with E-state index < -0.39 is 12.0 Å². The van der Waals surface area contributed by atoms with Crippen molar-refractivity contribution in [2.75, 3.05) is 14.2 Å². The predicted octanol–water partition coefficient (Wildman–Crippen LogP) is 4.79. The van der Waals surface area contributed by atoms with Crippen molar-refractivity contribution in [1.29, 1.82) is 0 Å². The molecule has 2 aromatic carbocycles. The van der Waals surface area contributed by atoms with Gasteiger partial charge in [0.25, 0.3) is 5.56 Å². The minimum atomic E-state index is -0.815. The van der Waals surface area contributed by atoms with Gasteiger partial charge in [-0.1, -0.05) is 40.6 Å². The number of hydrogen-bond acceptors (Lipinski definition) is 6. The lowest BCUT2D eigenvalue weighted by Crippen LogP contribution is -2.40. The van der Waals surface area contributed by atoms with Crippen molar-refractivity contribution in [3.8, 4) is 11.4 Å². The number of ether oxygens (including phenoxy) is 2. The second-order valence-electron chi connectivity index (χ2n) is 9.46. The Bertz CT molecular complexity index is 1830. The van der Waals surface area contributed by atoms with E-state index in [1.165, 1.54) is 35.7 Å². The summed E-state index contributed by atoms with van der Waals surface area (Å²) in [5.74, 6) is -0.0732. The van der Waals surface area contributed by atoms with Crippen LogP contribution in [0.2, 0.25) is 5.02 Å². The summed E-state index contributed by atoms with van der Waals surface area (Å²) in [5, 5.41) is 0.454. The second-order valence-corrected chi connectivity index (χ2v) is 10.9. The summed E-state index contributed by atoms with van der Waals surface area (Å²) >= 11 is 7.64. The summed E-state index contributed by atoms with van der Waals surface area (Å²) in [4.78, 5) is 32.1. The van der Waals surface area contributed by atoms with E-state index in [0.717, 1.165) is 22.6 Å². The molecule has 3 heterocycles. The summed E-state index contributed by atoms with van der Waals surface area (Å²) in [6.45, 7) is 7.88. The number of halogens is 1. The summed E-state index contributed by atoms with van der Waals surface area (Å²) in [5.41, 5.74) is 6.29. The van der Waals surface area contributed by atoms with Crippen molar-refractivity contribution in [2.24, 2.45) is 4.99 Å². The van der Waals surface area contributed by atoms with Crippen LogP contribution in [0.5, 0.6) is 5.75 Å². The highest BCUT2D eigenvalue weighted by molar-refractivity contribution is 7.07. The fourth-order valence-corrected chi connectivity index (χ4v) is 6.29. The number of carbonyl (C=O) groups is 1. The van der Waals surface area contributed by atoms with E-state index in [2.05, 4.69) is 46.8 Å². The molecule has 0 amide bonds. The third kappa shape index (κ3) is 4.64. The molecule has 0 saturated heterocycles. The van der Waals surface area contributed by atoms with E-state index in [-0.39, 0.29) is 11.1 Å². The van der Waals surface area contributed by atoms with Gasteiger partial charge in [0.15, 0.2) is 4.80 Å². The van der Waals surface area contributed by atoms with Crippen LogP contribution in [-0.2, 0) is 9.53 Å². The Morgan fingerprint density at radius 3 is 2.44 bits per heavy atom. The number of fused-ring (bicyclic) bond motifs is 1. The molecule has 0 fully saturated rings. The highest BCUT2D eigenvalue weighted by atomic mass is 35.5. The number of benzene rings is 2. The van der Waals surface area contributed by atoms with Gasteiger partial charge >= 0.3 is 5.97 Å². The Balaban J connectivity index is 1.73. The number of aromatic nitrogens is 2. The zero-order chi connectivity index (χ0) is 28.0. The maximum absolute atomic E-state index is 14.0. The van der Waals surface area contributed by atoms with Gasteiger partial charge in [-0.3, -0.25) is 9.36 Å². The van der Waals surface area contributed by atoms with Crippen molar-refractivity contribution in [3.05, 3.63) is 113 Å². The summed E-state index contributed by atoms with van der Waals surface area (Å²) < 4.78 is 14.9. The third-order valence-electron chi connectivity index (χ3n) is 6.96. The third-order valence-corrected chi connectivity index (χ3v) is 8.18. The van der Waals surface area contributed by atoms with Gasteiger partial charge < -0.3 is 14.0 Å². The molecule has 1 atom stereocenters. The van der Waals surface area contributed by atoms with Gasteiger partial charge in [0.2, 0.25) is 0 Å². The van der Waals surface area contributed by atoms with Crippen LogP contribution in [0, 0.1) is 20.8 Å². The minimum Gasteiger partial charge on any atom is -0.496 e. The van der Waals surface area contributed by atoms with Crippen LogP contribution in [-0.4, -0.2) is 29.3 Å². The second kappa shape index (κ2) is 10.4. The van der Waals surface area contributed by atoms with Gasteiger partial charge in [-0.05, 0) is 75.7 Å². The number of aryl methyl sites for hydroxylation is 2. The molecule has 5 rings (SSSR count). The zero-order valence-electron chi connectivity index (χ0n) is 22.5. The van der Waals surface area contributed by atoms with Gasteiger partial charge in [-0.25, -0.2) is 9.79 Å².